The van der Waals surface area contributed by atoms with Crippen molar-refractivity contribution in [2.75, 3.05) is 16.6 Å². The van der Waals surface area contributed by atoms with Gasteiger partial charge in [-0.2, -0.15) is 5.10 Å². The van der Waals surface area contributed by atoms with Gasteiger partial charge in [0.15, 0.2) is 17.3 Å². The first-order chi connectivity index (χ1) is 16.5. The van der Waals surface area contributed by atoms with Gasteiger partial charge in [-0.15, -0.1) is 0 Å². The number of nitrogens with zero attached hydrogens (tertiary/aromatic N) is 6. The fraction of sp³-hybridized carbons (Fsp3) is 0.227. The van der Waals surface area contributed by atoms with Crippen LogP contribution in [0.2, 0.25) is 0 Å². The zero-order chi connectivity index (χ0) is 23.7. The lowest BCUT2D eigenvalue weighted by Crippen LogP contribution is -2.39. The number of para-hydroxylation sites is 1. The summed E-state index contributed by atoms with van der Waals surface area (Å²) in [6, 6.07) is 10.6. The number of aromatic nitrogens is 5. The molecule has 1 saturated heterocycles. The van der Waals surface area contributed by atoms with E-state index in [1.54, 1.807) is 23.1 Å². The molecule has 1 amide bonds. The maximum Gasteiger partial charge on any atom is 0.274 e. The molecule has 174 valence electrons. The van der Waals surface area contributed by atoms with Crippen LogP contribution in [0.3, 0.4) is 0 Å². The predicted octanol–water partition coefficient (Wildman–Crippen LogP) is 1.78. The Labute approximate surface area is 195 Å². The van der Waals surface area contributed by atoms with Crippen LogP contribution >= 0.6 is 0 Å². The lowest BCUT2D eigenvalue weighted by molar-refractivity contribution is 0.0943. The smallest absolute Gasteiger partial charge is 0.274 e. The van der Waals surface area contributed by atoms with Crippen molar-refractivity contribution in [2.45, 2.75) is 19.4 Å². The Bertz CT molecular complexity index is 1470. The highest BCUT2D eigenvalue weighted by atomic mass is 32.2. The van der Waals surface area contributed by atoms with Crippen molar-refractivity contribution < 1.29 is 18.3 Å². The van der Waals surface area contributed by atoms with Crippen LogP contribution in [0.15, 0.2) is 55.2 Å². The minimum atomic E-state index is -3.60. The number of nitrogens with one attached hydrogen (secondary N) is 1. The first kappa shape index (κ1) is 21.8. The van der Waals surface area contributed by atoms with E-state index in [9.17, 15) is 18.3 Å². The van der Waals surface area contributed by atoms with E-state index in [2.05, 4.69) is 25.4 Å². The maximum absolute atomic E-state index is 13.1. The highest BCUT2D eigenvalue weighted by Crippen LogP contribution is 2.35. The van der Waals surface area contributed by atoms with E-state index in [0.29, 0.717) is 18.2 Å². The molecule has 0 unspecified atom stereocenters. The SMILES string of the molecule is O=C(NCc1ccccc1-n1cncn1)c1nc(N2CCCCS2(=O)=O)c2cccnc2c1O. The van der Waals surface area contributed by atoms with Gasteiger partial charge in [0.1, 0.15) is 18.2 Å². The summed E-state index contributed by atoms with van der Waals surface area (Å²) in [6.07, 6.45) is 5.66. The van der Waals surface area contributed by atoms with Crippen molar-refractivity contribution >= 4 is 32.7 Å². The summed E-state index contributed by atoms with van der Waals surface area (Å²) in [5, 5.41) is 18.0. The van der Waals surface area contributed by atoms with Gasteiger partial charge in [0.05, 0.1) is 11.4 Å². The monoisotopic (exact) mass is 479 g/mol. The highest BCUT2D eigenvalue weighted by Gasteiger charge is 2.31. The normalized spacial score (nSPS) is 15.4. The van der Waals surface area contributed by atoms with Gasteiger partial charge in [0, 0.05) is 24.7 Å². The number of anilines is 1. The van der Waals surface area contributed by atoms with E-state index in [4.69, 9.17) is 0 Å². The number of benzene rings is 1. The molecule has 4 aromatic rings. The Kier molecular flexibility index (Phi) is 5.57. The highest BCUT2D eigenvalue weighted by molar-refractivity contribution is 7.92. The van der Waals surface area contributed by atoms with Crippen LogP contribution in [-0.2, 0) is 16.6 Å². The number of aromatic hydroxyl groups is 1. The molecule has 5 rings (SSSR count). The van der Waals surface area contributed by atoms with Crippen molar-refractivity contribution in [3.8, 4) is 11.4 Å². The topological polar surface area (TPSA) is 143 Å². The van der Waals surface area contributed by atoms with Gasteiger partial charge >= 0.3 is 0 Å². The third kappa shape index (κ3) is 3.92. The summed E-state index contributed by atoms with van der Waals surface area (Å²) in [4.78, 5) is 25.6. The number of rotatable bonds is 5. The molecule has 3 aromatic heterocycles. The number of carbonyl (C=O) groups is 1. The average molecular weight is 480 g/mol. The molecule has 0 radical (unpaired) electrons. The van der Waals surface area contributed by atoms with E-state index in [1.807, 2.05) is 24.3 Å². The third-order valence-corrected chi connectivity index (χ3v) is 7.44. The maximum atomic E-state index is 13.1. The molecule has 1 aliphatic heterocycles. The van der Waals surface area contributed by atoms with Crippen molar-refractivity contribution in [3.63, 3.8) is 0 Å². The molecule has 1 aliphatic rings. The van der Waals surface area contributed by atoms with Crippen molar-refractivity contribution in [1.82, 2.24) is 30.0 Å². The number of pyridine rings is 2. The fourth-order valence-corrected chi connectivity index (χ4v) is 5.56. The number of hydrogen-bond donors (Lipinski definition) is 2. The van der Waals surface area contributed by atoms with E-state index in [0.717, 1.165) is 11.3 Å². The Balaban J connectivity index is 1.51. The molecule has 0 saturated carbocycles. The quantitative estimate of drug-likeness (QED) is 0.441. The Morgan fingerprint density at radius 1 is 1.15 bits per heavy atom. The van der Waals surface area contributed by atoms with Crippen LogP contribution in [0.4, 0.5) is 5.82 Å². The van der Waals surface area contributed by atoms with E-state index in [1.165, 1.54) is 16.8 Å². The molecule has 12 heteroatoms. The standard InChI is InChI=1S/C22H21N7O4S/c30-20-18-16(7-5-9-24-18)21(29-10-3-4-11-34(29,32)33)27-19(20)22(31)25-12-15-6-1-2-8-17(15)28-14-23-13-26-28/h1-2,5-9,13-14,30H,3-4,10-12H2,(H,25,31). The van der Waals surface area contributed by atoms with Crippen LogP contribution in [0.5, 0.6) is 5.75 Å². The average Bonchev–Trinajstić information content (AvgIpc) is 3.38. The largest absolute Gasteiger partial charge is 0.504 e. The van der Waals surface area contributed by atoms with Crippen LogP contribution < -0.4 is 9.62 Å². The second kappa shape index (κ2) is 8.71. The van der Waals surface area contributed by atoms with Crippen LogP contribution in [-0.4, -0.2) is 56.5 Å². The first-order valence-electron chi connectivity index (χ1n) is 10.6. The third-order valence-electron chi connectivity index (χ3n) is 5.61. The molecule has 1 fully saturated rings. The lowest BCUT2D eigenvalue weighted by atomic mass is 10.1. The van der Waals surface area contributed by atoms with Crippen LogP contribution in [0.1, 0.15) is 28.9 Å². The summed E-state index contributed by atoms with van der Waals surface area (Å²) in [6.45, 7) is 0.365. The van der Waals surface area contributed by atoms with Crippen LogP contribution in [0.25, 0.3) is 16.6 Å². The zero-order valence-corrected chi connectivity index (χ0v) is 18.8. The molecule has 11 nitrogen and oxygen atoms in total. The summed E-state index contributed by atoms with van der Waals surface area (Å²) in [5.41, 5.74) is 1.32. The molecule has 0 atom stereocenters. The van der Waals surface area contributed by atoms with Crippen molar-refractivity contribution in [3.05, 3.63) is 66.5 Å². The molecule has 4 heterocycles. The van der Waals surface area contributed by atoms with Gasteiger partial charge in [-0.05, 0) is 36.6 Å². The number of sulfonamides is 1. The minimum absolute atomic E-state index is 0.00207. The number of fused-ring (bicyclic) bond motifs is 1. The first-order valence-corrected chi connectivity index (χ1v) is 12.3. The Morgan fingerprint density at radius 2 is 2.00 bits per heavy atom. The molecule has 34 heavy (non-hydrogen) atoms. The number of hydrogen-bond acceptors (Lipinski definition) is 8. The molecule has 2 N–H and O–H groups in total. The van der Waals surface area contributed by atoms with E-state index >= 15 is 0 Å². The van der Waals surface area contributed by atoms with Gasteiger partial charge in [0.25, 0.3) is 5.91 Å². The number of amides is 1. The lowest BCUT2D eigenvalue weighted by Gasteiger charge is -2.28. The van der Waals surface area contributed by atoms with Gasteiger partial charge in [-0.1, -0.05) is 18.2 Å². The predicted molar refractivity (Wildman–Crippen MR) is 124 cm³/mol. The molecule has 0 spiro atoms. The molecular formula is C22H21N7O4S. The molecule has 1 aromatic carbocycles. The van der Waals surface area contributed by atoms with Crippen LogP contribution in [0, 0.1) is 0 Å². The second-order valence-corrected chi connectivity index (χ2v) is 9.79. The second-order valence-electron chi connectivity index (χ2n) is 7.78. The summed E-state index contributed by atoms with van der Waals surface area (Å²) in [5.74, 6) is -0.976. The fourth-order valence-electron chi connectivity index (χ4n) is 3.96. The van der Waals surface area contributed by atoms with E-state index in [-0.39, 0.29) is 35.9 Å². The van der Waals surface area contributed by atoms with Gasteiger partial charge in [0.2, 0.25) is 10.0 Å². The van der Waals surface area contributed by atoms with Gasteiger partial charge < -0.3 is 10.4 Å². The molecule has 0 aliphatic carbocycles. The minimum Gasteiger partial charge on any atom is -0.504 e. The Morgan fingerprint density at radius 3 is 2.79 bits per heavy atom. The summed E-state index contributed by atoms with van der Waals surface area (Å²) >= 11 is 0. The summed E-state index contributed by atoms with van der Waals surface area (Å²) in [7, 11) is -3.60. The zero-order valence-electron chi connectivity index (χ0n) is 18.0. The Hall–Kier alpha value is -4.06. The van der Waals surface area contributed by atoms with Gasteiger partial charge in [-0.3, -0.25) is 14.1 Å². The summed E-state index contributed by atoms with van der Waals surface area (Å²) < 4.78 is 28.3. The molecule has 0 bridgehead atoms. The van der Waals surface area contributed by atoms with Gasteiger partial charge in [-0.25, -0.2) is 23.1 Å². The number of carbonyl (C=O) groups excluding carboxylic acids is 1. The van der Waals surface area contributed by atoms with Crippen molar-refractivity contribution in [1.29, 1.82) is 0 Å². The molecular weight excluding hydrogens is 458 g/mol. The van der Waals surface area contributed by atoms with E-state index < -0.39 is 21.7 Å². The van der Waals surface area contributed by atoms with Crippen molar-refractivity contribution in [2.24, 2.45) is 0 Å².